The van der Waals surface area contributed by atoms with E-state index in [9.17, 15) is 4.79 Å². The van der Waals surface area contributed by atoms with Crippen LogP contribution in [0.1, 0.15) is 17.9 Å². The quantitative estimate of drug-likeness (QED) is 0.692. The molecule has 2 aromatic carbocycles. The van der Waals surface area contributed by atoms with Crippen LogP contribution in [0.2, 0.25) is 0 Å². The SMILES string of the molecule is CPc1ccc(C2CC(Nc3nn(C)c(=O)c4ccccc34)CN(C)C2)cc1. The molecule has 3 aromatic rings. The molecule has 0 amide bonds. The normalized spacial score (nSPS) is 20.8. The highest BCUT2D eigenvalue weighted by atomic mass is 31.1. The van der Waals surface area contributed by atoms with Gasteiger partial charge in [0.15, 0.2) is 5.82 Å². The van der Waals surface area contributed by atoms with Gasteiger partial charge in [-0.05, 0) is 43.0 Å². The summed E-state index contributed by atoms with van der Waals surface area (Å²) in [4.78, 5) is 14.8. The second-order valence-electron chi connectivity index (χ2n) is 7.69. The van der Waals surface area contributed by atoms with Crippen molar-refractivity contribution in [1.29, 1.82) is 0 Å². The minimum absolute atomic E-state index is 0.0588. The summed E-state index contributed by atoms with van der Waals surface area (Å²) in [7, 11) is 4.73. The molecule has 1 aromatic heterocycles. The van der Waals surface area contributed by atoms with Crippen LogP contribution in [0.15, 0.2) is 53.3 Å². The minimum atomic E-state index is -0.0588. The fourth-order valence-corrected chi connectivity index (χ4v) is 4.69. The Balaban J connectivity index is 1.60. The average Bonchev–Trinajstić information content (AvgIpc) is 2.71. The maximum absolute atomic E-state index is 12.4. The number of benzene rings is 2. The fourth-order valence-electron chi connectivity index (χ4n) is 4.19. The van der Waals surface area contributed by atoms with Crippen LogP contribution in [0.5, 0.6) is 0 Å². The molecule has 146 valence electrons. The van der Waals surface area contributed by atoms with Gasteiger partial charge in [-0.15, -0.1) is 0 Å². The summed E-state index contributed by atoms with van der Waals surface area (Å²) >= 11 is 0. The van der Waals surface area contributed by atoms with E-state index in [0.717, 1.165) is 39.3 Å². The molecular weight excluding hydrogens is 367 g/mol. The van der Waals surface area contributed by atoms with E-state index in [0.29, 0.717) is 11.3 Å². The van der Waals surface area contributed by atoms with E-state index in [1.165, 1.54) is 15.5 Å². The number of likely N-dealkylation sites (N-methyl/N-ethyl adjacent to an activating group) is 1. The van der Waals surface area contributed by atoms with Crippen molar-refractivity contribution >= 4 is 30.5 Å². The minimum Gasteiger partial charge on any atom is -0.364 e. The molecule has 2 heterocycles. The van der Waals surface area contributed by atoms with Crippen molar-refractivity contribution in [2.45, 2.75) is 18.4 Å². The van der Waals surface area contributed by atoms with Gasteiger partial charge in [-0.2, -0.15) is 5.10 Å². The summed E-state index contributed by atoms with van der Waals surface area (Å²) in [6.07, 6.45) is 1.05. The molecule has 1 saturated heterocycles. The highest BCUT2D eigenvalue weighted by Crippen LogP contribution is 2.29. The van der Waals surface area contributed by atoms with Gasteiger partial charge in [0.1, 0.15) is 0 Å². The van der Waals surface area contributed by atoms with Crippen molar-refractivity contribution in [2.75, 3.05) is 32.1 Å². The summed E-state index contributed by atoms with van der Waals surface area (Å²) in [5, 5.41) is 11.2. The van der Waals surface area contributed by atoms with E-state index in [4.69, 9.17) is 0 Å². The Kier molecular flexibility index (Phi) is 5.47. The summed E-state index contributed by atoms with van der Waals surface area (Å²) in [5.41, 5.74) is 1.34. The van der Waals surface area contributed by atoms with Crippen molar-refractivity contribution in [3.63, 3.8) is 0 Å². The lowest BCUT2D eigenvalue weighted by Gasteiger charge is -2.36. The Bertz CT molecular complexity index is 1030. The van der Waals surface area contributed by atoms with E-state index in [1.54, 1.807) is 7.05 Å². The van der Waals surface area contributed by atoms with Gasteiger partial charge < -0.3 is 10.2 Å². The van der Waals surface area contributed by atoms with Crippen LogP contribution in [0.4, 0.5) is 5.82 Å². The molecule has 1 N–H and O–H groups in total. The number of hydrogen-bond donors (Lipinski definition) is 1. The summed E-state index contributed by atoms with van der Waals surface area (Å²) in [6.45, 7) is 4.24. The number of fused-ring (bicyclic) bond motifs is 1. The van der Waals surface area contributed by atoms with E-state index in [2.05, 4.69) is 53.3 Å². The van der Waals surface area contributed by atoms with E-state index < -0.39 is 0 Å². The maximum Gasteiger partial charge on any atom is 0.274 e. The van der Waals surface area contributed by atoms with Gasteiger partial charge in [0.25, 0.3) is 5.56 Å². The van der Waals surface area contributed by atoms with E-state index in [-0.39, 0.29) is 11.6 Å². The number of anilines is 1. The second-order valence-corrected chi connectivity index (χ2v) is 8.77. The monoisotopic (exact) mass is 394 g/mol. The zero-order valence-corrected chi connectivity index (χ0v) is 17.6. The molecule has 1 aliphatic rings. The van der Waals surface area contributed by atoms with Gasteiger partial charge >= 0.3 is 0 Å². The van der Waals surface area contributed by atoms with Crippen LogP contribution in [0, 0.1) is 0 Å². The molecule has 0 saturated carbocycles. The third-order valence-corrected chi connectivity index (χ3v) is 6.51. The largest absolute Gasteiger partial charge is 0.364 e. The highest BCUT2D eigenvalue weighted by molar-refractivity contribution is 7.46. The van der Waals surface area contributed by atoms with Crippen molar-refractivity contribution in [3.8, 4) is 0 Å². The number of aromatic nitrogens is 2. The van der Waals surface area contributed by atoms with Crippen molar-refractivity contribution in [1.82, 2.24) is 14.7 Å². The number of hydrogen-bond acceptors (Lipinski definition) is 4. The summed E-state index contributed by atoms with van der Waals surface area (Å²) < 4.78 is 1.43. The van der Waals surface area contributed by atoms with Gasteiger partial charge in [0, 0.05) is 31.6 Å². The van der Waals surface area contributed by atoms with Gasteiger partial charge in [-0.1, -0.05) is 51.0 Å². The number of rotatable bonds is 4. The van der Waals surface area contributed by atoms with E-state index >= 15 is 0 Å². The first kappa shape index (κ1) is 19.1. The summed E-state index contributed by atoms with van der Waals surface area (Å²) in [5.74, 6) is 1.28. The van der Waals surface area contributed by atoms with Gasteiger partial charge in [-0.3, -0.25) is 4.79 Å². The Morgan fingerprint density at radius 1 is 1.04 bits per heavy atom. The van der Waals surface area contributed by atoms with Crippen LogP contribution in [0.25, 0.3) is 10.8 Å². The average molecular weight is 394 g/mol. The van der Waals surface area contributed by atoms with Crippen LogP contribution < -0.4 is 16.2 Å². The standard InChI is InChI=1S/C22H27N4OP/c1-25-13-16(15-8-10-18(28-3)11-9-15)12-17(14-25)23-21-19-6-4-5-7-20(19)22(27)26(2)24-21/h4-11,16-17,28H,12-14H2,1-3H3,(H,23,24). The first-order valence-corrected chi connectivity index (χ1v) is 11.2. The molecule has 0 radical (unpaired) electrons. The third-order valence-electron chi connectivity index (χ3n) is 5.60. The molecule has 0 bridgehead atoms. The fraction of sp³-hybridized carbons (Fsp3) is 0.364. The lowest BCUT2D eigenvalue weighted by atomic mass is 9.88. The molecule has 1 fully saturated rings. The molecule has 5 nitrogen and oxygen atoms in total. The van der Waals surface area contributed by atoms with Crippen molar-refractivity contribution in [3.05, 3.63) is 64.4 Å². The topological polar surface area (TPSA) is 50.2 Å². The number of nitrogens with zero attached hydrogens (tertiary/aromatic N) is 3. The first-order chi connectivity index (χ1) is 13.5. The lowest BCUT2D eigenvalue weighted by Crippen LogP contribution is -2.43. The van der Waals surface area contributed by atoms with Crippen LogP contribution in [0.3, 0.4) is 0 Å². The predicted molar refractivity (Wildman–Crippen MR) is 120 cm³/mol. The summed E-state index contributed by atoms with van der Waals surface area (Å²) in [6, 6.07) is 17.1. The molecule has 6 heteroatoms. The molecule has 4 rings (SSSR count). The number of likely N-dealkylation sites (tertiary alicyclic amines) is 1. The Morgan fingerprint density at radius 3 is 2.46 bits per heavy atom. The molecule has 3 atom stereocenters. The molecule has 28 heavy (non-hydrogen) atoms. The smallest absolute Gasteiger partial charge is 0.274 e. The molecule has 0 spiro atoms. The van der Waals surface area contributed by atoms with Gasteiger partial charge in [-0.25, -0.2) is 4.68 Å². The van der Waals surface area contributed by atoms with Crippen LogP contribution in [-0.2, 0) is 7.05 Å². The lowest BCUT2D eigenvalue weighted by molar-refractivity contribution is 0.235. The zero-order chi connectivity index (χ0) is 19.7. The number of nitrogens with one attached hydrogen (secondary N) is 1. The zero-order valence-electron chi connectivity index (χ0n) is 16.6. The second kappa shape index (κ2) is 8.02. The highest BCUT2D eigenvalue weighted by Gasteiger charge is 2.27. The molecular formula is C22H27N4OP. The number of piperidine rings is 1. The molecule has 1 aliphatic heterocycles. The van der Waals surface area contributed by atoms with Gasteiger partial charge in [0.2, 0.25) is 0 Å². The molecule has 3 unspecified atom stereocenters. The third kappa shape index (κ3) is 3.82. The maximum atomic E-state index is 12.4. The molecule has 0 aliphatic carbocycles. The Morgan fingerprint density at radius 2 is 1.75 bits per heavy atom. The van der Waals surface area contributed by atoms with Crippen molar-refractivity contribution < 1.29 is 0 Å². The Labute approximate surface area is 167 Å². The predicted octanol–water partition coefficient (Wildman–Crippen LogP) is 2.77. The van der Waals surface area contributed by atoms with Crippen LogP contribution in [-0.4, -0.2) is 47.5 Å². The van der Waals surface area contributed by atoms with Gasteiger partial charge in [0.05, 0.1) is 5.39 Å². The number of aryl methyl sites for hydroxylation is 1. The first-order valence-electron chi connectivity index (χ1n) is 9.74. The van der Waals surface area contributed by atoms with E-state index in [1.807, 2.05) is 24.3 Å². The Hall–Kier alpha value is -2.23. The van der Waals surface area contributed by atoms with Crippen LogP contribution >= 0.6 is 8.58 Å². The van der Waals surface area contributed by atoms with Crippen molar-refractivity contribution in [2.24, 2.45) is 7.05 Å².